The zero-order valence-electron chi connectivity index (χ0n) is 11.7. The first-order valence-corrected chi connectivity index (χ1v) is 6.07. The molecule has 104 valence electrons. The molecule has 0 radical (unpaired) electrons. The summed E-state index contributed by atoms with van der Waals surface area (Å²) in [6.45, 7) is 7.09. The largest absolute Gasteiger partial charge is 0.481 e. The molecule has 1 aromatic carbocycles. The molecule has 0 heterocycles. The Labute approximate surface area is 113 Å². The van der Waals surface area contributed by atoms with Crippen LogP contribution in [0.5, 0.6) is 0 Å². The number of urea groups is 1. The van der Waals surface area contributed by atoms with Gasteiger partial charge in [-0.15, -0.1) is 0 Å². The molecule has 1 rings (SSSR count). The fraction of sp³-hybridized carbons (Fsp3) is 0.429. The van der Waals surface area contributed by atoms with Crippen molar-refractivity contribution in [3.63, 3.8) is 0 Å². The van der Waals surface area contributed by atoms with Crippen molar-refractivity contribution in [3.05, 3.63) is 29.3 Å². The third-order valence-corrected chi connectivity index (χ3v) is 2.75. The maximum absolute atomic E-state index is 11.7. The van der Waals surface area contributed by atoms with Gasteiger partial charge in [0, 0.05) is 12.2 Å². The lowest BCUT2D eigenvalue weighted by Gasteiger charge is -2.19. The molecular formula is C14H20N2O3. The van der Waals surface area contributed by atoms with Crippen LogP contribution in [0, 0.1) is 19.3 Å². The minimum absolute atomic E-state index is 0.0684. The fourth-order valence-corrected chi connectivity index (χ4v) is 1.60. The minimum Gasteiger partial charge on any atom is -0.481 e. The van der Waals surface area contributed by atoms with Crippen LogP contribution in [0.15, 0.2) is 18.2 Å². The highest BCUT2D eigenvalue weighted by atomic mass is 16.4. The van der Waals surface area contributed by atoms with Crippen molar-refractivity contribution in [2.45, 2.75) is 27.7 Å². The molecular weight excluding hydrogens is 244 g/mol. The molecule has 0 unspecified atom stereocenters. The molecule has 0 aliphatic carbocycles. The molecule has 0 spiro atoms. The zero-order chi connectivity index (χ0) is 14.6. The first kappa shape index (κ1) is 15.0. The number of hydrogen-bond acceptors (Lipinski definition) is 2. The summed E-state index contributed by atoms with van der Waals surface area (Å²) < 4.78 is 0. The van der Waals surface area contributed by atoms with Gasteiger partial charge in [-0.25, -0.2) is 4.79 Å². The van der Waals surface area contributed by atoms with E-state index >= 15 is 0 Å². The average molecular weight is 264 g/mol. The second-order valence-electron chi connectivity index (χ2n) is 5.37. The monoisotopic (exact) mass is 264 g/mol. The van der Waals surface area contributed by atoms with E-state index < -0.39 is 17.4 Å². The summed E-state index contributed by atoms with van der Waals surface area (Å²) in [4.78, 5) is 22.6. The smallest absolute Gasteiger partial charge is 0.319 e. The summed E-state index contributed by atoms with van der Waals surface area (Å²) >= 11 is 0. The molecule has 19 heavy (non-hydrogen) atoms. The molecule has 0 aliphatic rings. The van der Waals surface area contributed by atoms with Crippen molar-refractivity contribution >= 4 is 17.7 Å². The predicted octanol–water partition coefficient (Wildman–Crippen LogP) is 2.54. The predicted molar refractivity (Wildman–Crippen MR) is 74.4 cm³/mol. The topological polar surface area (TPSA) is 78.4 Å². The third-order valence-electron chi connectivity index (χ3n) is 2.75. The maximum atomic E-state index is 11.7. The van der Waals surface area contributed by atoms with E-state index in [0.29, 0.717) is 5.69 Å². The van der Waals surface area contributed by atoms with Crippen LogP contribution >= 0.6 is 0 Å². The molecule has 0 saturated carbocycles. The second-order valence-corrected chi connectivity index (χ2v) is 5.37. The van der Waals surface area contributed by atoms with Gasteiger partial charge in [0.2, 0.25) is 0 Å². The van der Waals surface area contributed by atoms with Crippen LogP contribution < -0.4 is 10.6 Å². The Kier molecular flexibility index (Phi) is 4.53. The standard InChI is InChI=1S/C14H20N2O3/c1-9-5-10(2)7-11(6-9)16-13(19)15-8-14(3,4)12(17)18/h5-7H,8H2,1-4H3,(H,17,18)(H2,15,16,19). The number of benzene rings is 1. The summed E-state index contributed by atoms with van der Waals surface area (Å²) in [7, 11) is 0. The molecule has 0 aromatic heterocycles. The highest BCUT2D eigenvalue weighted by Crippen LogP contribution is 2.15. The Morgan fingerprint density at radius 3 is 2.16 bits per heavy atom. The first-order chi connectivity index (χ1) is 8.70. The fourth-order valence-electron chi connectivity index (χ4n) is 1.60. The Morgan fingerprint density at radius 2 is 1.68 bits per heavy atom. The summed E-state index contributed by atoms with van der Waals surface area (Å²) in [5.41, 5.74) is 1.82. The van der Waals surface area contributed by atoms with E-state index in [2.05, 4.69) is 10.6 Å². The van der Waals surface area contributed by atoms with Gasteiger partial charge in [0.1, 0.15) is 0 Å². The van der Waals surface area contributed by atoms with Gasteiger partial charge in [0.15, 0.2) is 0 Å². The number of anilines is 1. The van der Waals surface area contributed by atoms with Gasteiger partial charge in [-0.05, 0) is 51.0 Å². The van der Waals surface area contributed by atoms with Crippen LogP contribution in [0.1, 0.15) is 25.0 Å². The van der Waals surface area contributed by atoms with Gasteiger partial charge in [0.05, 0.1) is 5.41 Å². The first-order valence-electron chi connectivity index (χ1n) is 6.07. The van der Waals surface area contributed by atoms with E-state index in [4.69, 9.17) is 5.11 Å². The molecule has 0 fully saturated rings. The van der Waals surface area contributed by atoms with Crippen molar-refractivity contribution in [2.75, 3.05) is 11.9 Å². The van der Waals surface area contributed by atoms with Crippen molar-refractivity contribution in [2.24, 2.45) is 5.41 Å². The highest BCUT2D eigenvalue weighted by molar-refractivity contribution is 5.89. The van der Waals surface area contributed by atoms with Crippen LogP contribution in [-0.4, -0.2) is 23.7 Å². The lowest BCUT2D eigenvalue weighted by molar-refractivity contribution is -0.146. The van der Waals surface area contributed by atoms with E-state index in [9.17, 15) is 9.59 Å². The quantitative estimate of drug-likeness (QED) is 0.782. The maximum Gasteiger partial charge on any atom is 0.319 e. The van der Waals surface area contributed by atoms with Crippen LogP contribution in [0.2, 0.25) is 0 Å². The molecule has 5 heteroatoms. The molecule has 2 amide bonds. The number of rotatable bonds is 4. The Hall–Kier alpha value is -2.04. The van der Waals surface area contributed by atoms with Crippen LogP contribution in [0.4, 0.5) is 10.5 Å². The van der Waals surface area contributed by atoms with Crippen LogP contribution in [-0.2, 0) is 4.79 Å². The lowest BCUT2D eigenvalue weighted by Crippen LogP contribution is -2.40. The number of carbonyl (C=O) groups excluding carboxylic acids is 1. The van der Waals surface area contributed by atoms with E-state index in [1.165, 1.54) is 0 Å². The van der Waals surface area contributed by atoms with Crippen molar-refractivity contribution in [3.8, 4) is 0 Å². The number of aliphatic carboxylic acids is 1. The average Bonchev–Trinajstić information content (AvgIpc) is 2.24. The Balaban J connectivity index is 2.59. The summed E-state index contributed by atoms with van der Waals surface area (Å²) in [6, 6.07) is 5.32. The van der Waals surface area contributed by atoms with Crippen molar-refractivity contribution in [1.29, 1.82) is 0 Å². The van der Waals surface area contributed by atoms with Crippen LogP contribution in [0.3, 0.4) is 0 Å². The molecule has 0 bridgehead atoms. The number of aryl methyl sites for hydroxylation is 2. The molecule has 5 nitrogen and oxygen atoms in total. The normalized spacial score (nSPS) is 10.9. The van der Waals surface area contributed by atoms with Crippen LogP contribution in [0.25, 0.3) is 0 Å². The van der Waals surface area contributed by atoms with E-state index in [1.54, 1.807) is 13.8 Å². The highest BCUT2D eigenvalue weighted by Gasteiger charge is 2.27. The number of amides is 2. The van der Waals surface area contributed by atoms with E-state index in [0.717, 1.165) is 11.1 Å². The minimum atomic E-state index is -0.986. The van der Waals surface area contributed by atoms with Gasteiger partial charge in [-0.1, -0.05) is 6.07 Å². The number of carboxylic acids is 1. The van der Waals surface area contributed by atoms with E-state index in [-0.39, 0.29) is 6.54 Å². The summed E-state index contributed by atoms with van der Waals surface area (Å²) in [6.07, 6.45) is 0. The molecule has 0 aliphatic heterocycles. The van der Waals surface area contributed by atoms with Gasteiger partial charge >= 0.3 is 12.0 Å². The number of hydrogen-bond donors (Lipinski definition) is 3. The van der Waals surface area contributed by atoms with Gasteiger partial charge in [-0.3, -0.25) is 4.79 Å². The number of nitrogens with one attached hydrogen (secondary N) is 2. The molecule has 1 aromatic rings. The van der Waals surface area contributed by atoms with Crippen molar-refractivity contribution in [1.82, 2.24) is 5.32 Å². The summed E-state index contributed by atoms with van der Waals surface area (Å²) in [5, 5.41) is 14.2. The van der Waals surface area contributed by atoms with E-state index in [1.807, 2.05) is 32.0 Å². The number of carboxylic acid groups (broad SMARTS) is 1. The Bertz CT molecular complexity index is 475. The zero-order valence-corrected chi connectivity index (χ0v) is 11.7. The second kappa shape index (κ2) is 5.73. The third kappa shape index (κ3) is 4.62. The molecule has 0 saturated heterocycles. The Morgan fingerprint density at radius 1 is 1.16 bits per heavy atom. The number of carbonyl (C=O) groups is 2. The van der Waals surface area contributed by atoms with Gasteiger partial charge in [0.25, 0.3) is 0 Å². The molecule has 0 atom stereocenters. The van der Waals surface area contributed by atoms with Gasteiger partial charge in [-0.2, -0.15) is 0 Å². The molecule has 3 N–H and O–H groups in total. The van der Waals surface area contributed by atoms with Crippen molar-refractivity contribution < 1.29 is 14.7 Å². The lowest BCUT2D eigenvalue weighted by atomic mass is 9.94. The summed E-state index contributed by atoms with van der Waals surface area (Å²) in [5.74, 6) is -0.945. The van der Waals surface area contributed by atoms with Gasteiger partial charge < -0.3 is 15.7 Å². The SMILES string of the molecule is Cc1cc(C)cc(NC(=O)NCC(C)(C)C(=O)O)c1.